The normalized spacial score (nSPS) is 18.7. The molecule has 0 unspecified atom stereocenters. The molecule has 26 heavy (non-hydrogen) atoms. The van der Waals surface area contributed by atoms with Crippen molar-refractivity contribution in [2.45, 2.75) is 38.1 Å². The summed E-state index contributed by atoms with van der Waals surface area (Å²) < 4.78 is 5.20. The summed E-state index contributed by atoms with van der Waals surface area (Å²) in [4.78, 5) is 6.74. The van der Waals surface area contributed by atoms with Crippen LogP contribution in [0, 0.1) is 5.41 Å². The lowest BCUT2D eigenvalue weighted by molar-refractivity contribution is 0.241. The summed E-state index contributed by atoms with van der Waals surface area (Å²) in [6, 6.07) is 8.14. The van der Waals surface area contributed by atoms with Gasteiger partial charge in [-0.05, 0) is 37.1 Å². The van der Waals surface area contributed by atoms with E-state index in [4.69, 9.17) is 15.1 Å². The number of aromatic nitrogens is 1. The molecule has 0 spiro atoms. The Balaban J connectivity index is 1.56. The molecule has 136 valence electrons. The number of thiazole rings is 1. The second-order valence-electron chi connectivity index (χ2n) is 6.86. The first-order chi connectivity index (χ1) is 12.7. The number of nitrogens with zero attached hydrogens (tertiary/aromatic N) is 2. The fourth-order valence-corrected chi connectivity index (χ4v) is 4.71. The number of aliphatic hydroxyl groups excluding tert-OH is 1. The molecule has 0 saturated heterocycles. The molecule has 1 aliphatic heterocycles. The molecule has 2 N–H and O–H groups in total. The van der Waals surface area contributed by atoms with Crippen LogP contribution in [0.4, 0.5) is 0 Å². The van der Waals surface area contributed by atoms with E-state index in [9.17, 15) is 5.11 Å². The number of hydrogen-bond donors (Lipinski definition) is 2. The third kappa shape index (κ3) is 3.09. The van der Waals surface area contributed by atoms with E-state index in [0.29, 0.717) is 24.0 Å². The van der Waals surface area contributed by atoms with E-state index in [1.54, 1.807) is 7.11 Å². The second-order valence-corrected chi connectivity index (χ2v) is 7.71. The number of rotatable bonds is 4. The molecule has 2 heterocycles. The molecule has 6 heteroatoms. The van der Waals surface area contributed by atoms with Gasteiger partial charge in [0, 0.05) is 17.0 Å². The Bertz CT molecular complexity index is 835. The molecule has 0 radical (unpaired) electrons. The lowest BCUT2D eigenvalue weighted by atomic mass is 9.94. The number of benzene rings is 1. The smallest absolute Gasteiger partial charge is 0.135 e. The molecule has 1 aromatic heterocycles. The van der Waals surface area contributed by atoms with Gasteiger partial charge in [-0.1, -0.05) is 19.3 Å². The lowest BCUT2D eigenvalue weighted by Gasteiger charge is -2.32. The predicted octanol–water partition coefficient (Wildman–Crippen LogP) is 4.71. The van der Waals surface area contributed by atoms with Crippen LogP contribution < -0.4 is 4.74 Å². The number of aliphatic hydroxyl groups is 1. The topological polar surface area (TPSA) is 69.4 Å². The molecule has 1 fully saturated rings. The van der Waals surface area contributed by atoms with E-state index in [-0.39, 0.29) is 5.76 Å². The minimum Gasteiger partial charge on any atom is -0.510 e. The van der Waals surface area contributed by atoms with Gasteiger partial charge >= 0.3 is 0 Å². The summed E-state index contributed by atoms with van der Waals surface area (Å²) in [5.41, 5.74) is 2.46. The Labute approximate surface area is 157 Å². The van der Waals surface area contributed by atoms with Gasteiger partial charge < -0.3 is 14.7 Å². The molecule has 0 amide bonds. The third-order valence-electron chi connectivity index (χ3n) is 5.25. The van der Waals surface area contributed by atoms with Gasteiger partial charge in [-0.25, -0.2) is 4.98 Å². The zero-order chi connectivity index (χ0) is 18.1. The standard InChI is InChI=1S/C20H23N3O2S/c1-25-15-9-7-13(8-10-15)16-12-26-20(22-16)18-17(24)11-23(19(18)21)14-5-3-2-4-6-14/h7-10,12,14,21,24H,2-6,11H2,1H3. The maximum absolute atomic E-state index is 10.5. The summed E-state index contributed by atoms with van der Waals surface area (Å²) in [5.74, 6) is 1.51. The van der Waals surface area contributed by atoms with Crippen LogP contribution in [0.25, 0.3) is 16.8 Å². The van der Waals surface area contributed by atoms with Crippen molar-refractivity contribution >= 4 is 22.7 Å². The highest BCUT2D eigenvalue weighted by Crippen LogP contribution is 2.35. The highest BCUT2D eigenvalue weighted by Gasteiger charge is 2.34. The number of methoxy groups -OCH3 is 1. The van der Waals surface area contributed by atoms with Crippen molar-refractivity contribution in [1.29, 1.82) is 5.41 Å². The quantitative estimate of drug-likeness (QED) is 0.819. The molecule has 1 aromatic carbocycles. The average Bonchev–Trinajstić information content (AvgIpc) is 3.27. The third-order valence-corrected chi connectivity index (χ3v) is 6.11. The van der Waals surface area contributed by atoms with Gasteiger partial charge in [0.2, 0.25) is 0 Å². The predicted molar refractivity (Wildman–Crippen MR) is 105 cm³/mol. The largest absolute Gasteiger partial charge is 0.510 e. The van der Waals surface area contributed by atoms with E-state index in [2.05, 4.69) is 4.90 Å². The van der Waals surface area contributed by atoms with Crippen molar-refractivity contribution in [3.8, 4) is 17.0 Å². The van der Waals surface area contributed by atoms with Gasteiger partial charge in [0.25, 0.3) is 0 Å². The highest BCUT2D eigenvalue weighted by atomic mass is 32.1. The van der Waals surface area contributed by atoms with Crippen LogP contribution in [0.3, 0.4) is 0 Å². The Morgan fingerprint density at radius 1 is 1.19 bits per heavy atom. The first kappa shape index (κ1) is 17.1. The van der Waals surface area contributed by atoms with E-state index in [1.807, 2.05) is 29.6 Å². The zero-order valence-electron chi connectivity index (χ0n) is 14.9. The van der Waals surface area contributed by atoms with Crippen LogP contribution in [0.5, 0.6) is 5.75 Å². The van der Waals surface area contributed by atoms with E-state index in [1.165, 1.54) is 30.6 Å². The van der Waals surface area contributed by atoms with Crippen LogP contribution in [0.15, 0.2) is 35.4 Å². The van der Waals surface area contributed by atoms with Gasteiger partial charge in [0.05, 0.1) is 24.9 Å². The van der Waals surface area contributed by atoms with Crippen LogP contribution in [-0.4, -0.2) is 40.5 Å². The SMILES string of the molecule is COc1ccc(-c2csc(C3=C(O)CN(C4CCCCC4)C3=N)n2)cc1. The summed E-state index contributed by atoms with van der Waals surface area (Å²) in [5, 5.41) is 21.8. The van der Waals surface area contributed by atoms with Crippen molar-refractivity contribution in [2.75, 3.05) is 13.7 Å². The Morgan fingerprint density at radius 2 is 1.92 bits per heavy atom. The van der Waals surface area contributed by atoms with Gasteiger partial charge in [-0.15, -0.1) is 11.3 Å². The Kier molecular flexibility index (Phi) is 4.68. The van der Waals surface area contributed by atoms with Gasteiger partial charge in [0.15, 0.2) is 0 Å². The van der Waals surface area contributed by atoms with Crippen molar-refractivity contribution in [3.05, 3.63) is 40.4 Å². The number of amidine groups is 1. The lowest BCUT2D eigenvalue weighted by Crippen LogP contribution is -2.38. The fraction of sp³-hybridized carbons (Fsp3) is 0.400. The monoisotopic (exact) mass is 369 g/mol. The summed E-state index contributed by atoms with van der Waals surface area (Å²) in [6.07, 6.45) is 5.92. The van der Waals surface area contributed by atoms with E-state index in [0.717, 1.165) is 34.9 Å². The molecule has 0 bridgehead atoms. The van der Waals surface area contributed by atoms with Gasteiger partial charge in [0.1, 0.15) is 22.4 Å². The molecule has 4 rings (SSSR count). The molecule has 5 nitrogen and oxygen atoms in total. The van der Waals surface area contributed by atoms with Crippen LogP contribution in [0.2, 0.25) is 0 Å². The fourth-order valence-electron chi connectivity index (χ4n) is 3.81. The summed E-state index contributed by atoms with van der Waals surface area (Å²) in [6.45, 7) is 0.441. The molecular weight excluding hydrogens is 346 g/mol. The van der Waals surface area contributed by atoms with E-state index >= 15 is 0 Å². The first-order valence-corrected chi connectivity index (χ1v) is 9.93. The van der Waals surface area contributed by atoms with Crippen molar-refractivity contribution in [1.82, 2.24) is 9.88 Å². The van der Waals surface area contributed by atoms with Crippen LogP contribution in [-0.2, 0) is 0 Å². The second kappa shape index (κ2) is 7.11. The average molecular weight is 369 g/mol. The molecule has 1 aliphatic carbocycles. The van der Waals surface area contributed by atoms with E-state index < -0.39 is 0 Å². The van der Waals surface area contributed by atoms with Crippen molar-refractivity contribution in [2.24, 2.45) is 0 Å². The Morgan fingerprint density at radius 3 is 2.62 bits per heavy atom. The Hall–Kier alpha value is -2.34. The molecule has 0 atom stereocenters. The van der Waals surface area contributed by atoms with Gasteiger partial charge in [-0.2, -0.15) is 0 Å². The number of nitrogens with one attached hydrogen (secondary N) is 1. The zero-order valence-corrected chi connectivity index (χ0v) is 15.7. The highest BCUT2D eigenvalue weighted by molar-refractivity contribution is 7.11. The molecule has 2 aromatic rings. The van der Waals surface area contributed by atoms with Crippen LogP contribution >= 0.6 is 11.3 Å². The summed E-state index contributed by atoms with van der Waals surface area (Å²) >= 11 is 1.48. The maximum Gasteiger partial charge on any atom is 0.135 e. The number of hydrogen-bond acceptors (Lipinski definition) is 5. The first-order valence-electron chi connectivity index (χ1n) is 9.05. The van der Waals surface area contributed by atoms with Crippen molar-refractivity contribution < 1.29 is 9.84 Å². The molecule has 1 saturated carbocycles. The minimum absolute atomic E-state index is 0.274. The molecule has 2 aliphatic rings. The molecular formula is C20H23N3O2S. The van der Waals surface area contributed by atoms with Crippen LogP contribution in [0.1, 0.15) is 37.1 Å². The van der Waals surface area contributed by atoms with Crippen molar-refractivity contribution in [3.63, 3.8) is 0 Å². The summed E-state index contributed by atoms with van der Waals surface area (Å²) in [7, 11) is 1.65. The maximum atomic E-state index is 10.5. The number of ether oxygens (including phenoxy) is 1. The minimum atomic E-state index is 0.274. The van der Waals surface area contributed by atoms with Gasteiger partial charge in [-0.3, -0.25) is 5.41 Å².